The summed E-state index contributed by atoms with van der Waals surface area (Å²) < 4.78 is 0. The largest absolute Gasteiger partial charge is 0.389 e. The van der Waals surface area contributed by atoms with Gasteiger partial charge in [0.05, 0.1) is 6.10 Å². The molecule has 0 aliphatic carbocycles. The second-order valence-corrected chi connectivity index (χ2v) is 4.82. The van der Waals surface area contributed by atoms with Crippen molar-refractivity contribution in [2.24, 2.45) is 0 Å². The average molecular weight is 238 g/mol. The third kappa shape index (κ3) is 10.3. The lowest BCUT2D eigenvalue weighted by Crippen LogP contribution is -2.03. The number of aliphatic hydroxyl groups excluding tert-OH is 1. The molecule has 0 aromatic carbocycles. The maximum atomic E-state index is 9.86. The van der Waals surface area contributed by atoms with E-state index >= 15 is 0 Å². The standard InChI is InChI=1S/C16H30O/c1-4-7-9-11-12-15(6-3)14-16(17)13-10-8-5-2/h6,14,16-17H,3-5,7-13H2,1-2H3/b15-14+/t16-/m0/s1. The average Bonchev–Trinajstić information content (AvgIpc) is 2.33. The van der Waals surface area contributed by atoms with Crippen LogP contribution < -0.4 is 0 Å². The molecule has 0 amide bonds. The van der Waals surface area contributed by atoms with Gasteiger partial charge in [-0.1, -0.05) is 76.7 Å². The van der Waals surface area contributed by atoms with Gasteiger partial charge in [0.1, 0.15) is 0 Å². The Morgan fingerprint density at radius 1 is 1.06 bits per heavy atom. The van der Waals surface area contributed by atoms with E-state index in [0.717, 1.165) is 19.3 Å². The Hall–Kier alpha value is -0.560. The second-order valence-electron chi connectivity index (χ2n) is 4.82. The summed E-state index contributed by atoms with van der Waals surface area (Å²) in [4.78, 5) is 0. The molecule has 0 rings (SSSR count). The van der Waals surface area contributed by atoms with E-state index in [4.69, 9.17) is 0 Å². The summed E-state index contributed by atoms with van der Waals surface area (Å²) >= 11 is 0. The lowest BCUT2D eigenvalue weighted by atomic mass is 10.0. The zero-order chi connectivity index (χ0) is 12.9. The van der Waals surface area contributed by atoms with Crippen LogP contribution in [0.1, 0.15) is 71.6 Å². The molecule has 0 spiro atoms. The molecule has 0 saturated heterocycles. The molecule has 0 aliphatic heterocycles. The zero-order valence-electron chi connectivity index (χ0n) is 11.8. The molecule has 0 bridgehead atoms. The normalized spacial score (nSPS) is 13.7. The second kappa shape index (κ2) is 11.9. The maximum absolute atomic E-state index is 9.86. The monoisotopic (exact) mass is 238 g/mol. The molecule has 0 fully saturated rings. The topological polar surface area (TPSA) is 20.2 Å². The summed E-state index contributed by atoms with van der Waals surface area (Å²) in [5.41, 5.74) is 1.21. The SMILES string of the molecule is C=C/C(=C\[C@@H](O)CCCCC)CCCCCC. The number of hydrogen-bond acceptors (Lipinski definition) is 1. The molecule has 0 heterocycles. The van der Waals surface area contributed by atoms with Crippen LogP contribution in [0.15, 0.2) is 24.3 Å². The number of hydrogen-bond donors (Lipinski definition) is 1. The highest BCUT2D eigenvalue weighted by Crippen LogP contribution is 2.14. The highest BCUT2D eigenvalue weighted by molar-refractivity contribution is 5.17. The van der Waals surface area contributed by atoms with E-state index in [-0.39, 0.29) is 6.10 Å². The quantitative estimate of drug-likeness (QED) is 0.396. The zero-order valence-corrected chi connectivity index (χ0v) is 11.8. The number of unbranched alkanes of at least 4 members (excludes halogenated alkanes) is 5. The summed E-state index contributed by atoms with van der Waals surface area (Å²) in [5, 5.41) is 9.86. The molecule has 0 aromatic heterocycles. The number of rotatable bonds is 11. The van der Waals surface area contributed by atoms with E-state index < -0.39 is 0 Å². The van der Waals surface area contributed by atoms with Crippen molar-refractivity contribution >= 4 is 0 Å². The maximum Gasteiger partial charge on any atom is 0.0726 e. The van der Waals surface area contributed by atoms with E-state index in [1.54, 1.807) is 0 Å². The molecule has 1 atom stereocenters. The van der Waals surface area contributed by atoms with E-state index in [9.17, 15) is 5.11 Å². The molecule has 100 valence electrons. The molecule has 1 nitrogen and oxygen atoms in total. The fourth-order valence-corrected chi connectivity index (χ4v) is 1.94. The summed E-state index contributed by atoms with van der Waals surface area (Å²) in [5.74, 6) is 0. The lowest BCUT2D eigenvalue weighted by Gasteiger charge is -2.08. The van der Waals surface area contributed by atoms with Gasteiger partial charge in [0.25, 0.3) is 0 Å². The van der Waals surface area contributed by atoms with Crippen molar-refractivity contribution in [1.82, 2.24) is 0 Å². The Labute approximate surface area is 108 Å². The van der Waals surface area contributed by atoms with E-state index in [1.165, 1.54) is 44.1 Å². The fourth-order valence-electron chi connectivity index (χ4n) is 1.94. The van der Waals surface area contributed by atoms with E-state index in [0.29, 0.717) is 0 Å². The van der Waals surface area contributed by atoms with Crippen molar-refractivity contribution in [1.29, 1.82) is 0 Å². The minimum absolute atomic E-state index is 0.277. The van der Waals surface area contributed by atoms with E-state index in [2.05, 4.69) is 20.4 Å². The molecule has 0 unspecified atom stereocenters. The van der Waals surface area contributed by atoms with Crippen molar-refractivity contribution < 1.29 is 5.11 Å². The Morgan fingerprint density at radius 2 is 1.71 bits per heavy atom. The van der Waals surface area contributed by atoms with Crippen LogP contribution in [0.3, 0.4) is 0 Å². The van der Waals surface area contributed by atoms with Gasteiger partial charge in [-0.2, -0.15) is 0 Å². The predicted molar refractivity (Wildman–Crippen MR) is 77.2 cm³/mol. The summed E-state index contributed by atoms with van der Waals surface area (Å²) in [7, 11) is 0. The Bertz CT molecular complexity index is 206. The smallest absolute Gasteiger partial charge is 0.0726 e. The lowest BCUT2D eigenvalue weighted by molar-refractivity contribution is 0.207. The van der Waals surface area contributed by atoms with E-state index in [1.807, 2.05) is 12.2 Å². The van der Waals surface area contributed by atoms with Crippen LogP contribution in [0.2, 0.25) is 0 Å². The van der Waals surface area contributed by atoms with Crippen molar-refractivity contribution in [3.8, 4) is 0 Å². The van der Waals surface area contributed by atoms with Crippen molar-refractivity contribution in [2.75, 3.05) is 0 Å². The minimum atomic E-state index is -0.277. The molecule has 17 heavy (non-hydrogen) atoms. The summed E-state index contributed by atoms with van der Waals surface area (Å²) in [6.07, 6.45) is 14.2. The molecular formula is C16H30O. The van der Waals surface area contributed by atoms with Gasteiger partial charge in [-0.05, 0) is 19.3 Å². The minimum Gasteiger partial charge on any atom is -0.389 e. The van der Waals surface area contributed by atoms with Crippen LogP contribution in [0, 0.1) is 0 Å². The third-order valence-electron chi connectivity index (χ3n) is 3.09. The van der Waals surface area contributed by atoms with Gasteiger partial charge in [-0.3, -0.25) is 0 Å². The number of allylic oxidation sites excluding steroid dienone is 2. The molecule has 0 saturated carbocycles. The van der Waals surface area contributed by atoms with Gasteiger partial charge in [0.15, 0.2) is 0 Å². The first-order chi connectivity index (χ1) is 8.24. The number of aliphatic hydroxyl groups is 1. The highest BCUT2D eigenvalue weighted by Gasteiger charge is 2.01. The molecule has 0 aliphatic rings. The van der Waals surface area contributed by atoms with Crippen molar-refractivity contribution in [2.45, 2.75) is 77.7 Å². The van der Waals surface area contributed by atoms with Crippen LogP contribution in [-0.2, 0) is 0 Å². The summed E-state index contributed by atoms with van der Waals surface area (Å²) in [6, 6.07) is 0. The van der Waals surface area contributed by atoms with Gasteiger partial charge >= 0.3 is 0 Å². The molecule has 0 aromatic rings. The van der Waals surface area contributed by atoms with Gasteiger partial charge in [0.2, 0.25) is 0 Å². The fraction of sp³-hybridized carbons (Fsp3) is 0.750. The summed E-state index contributed by atoms with van der Waals surface area (Å²) in [6.45, 7) is 8.24. The van der Waals surface area contributed by atoms with Crippen LogP contribution in [0.5, 0.6) is 0 Å². The Balaban J connectivity index is 3.84. The van der Waals surface area contributed by atoms with Crippen molar-refractivity contribution in [3.63, 3.8) is 0 Å². The molecule has 1 N–H and O–H groups in total. The Morgan fingerprint density at radius 3 is 2.29 bits per heavy atom. The van der Waals surface area contributed by atoms with Crippen LogP contribution in [0.4, 0.5) is 0 Å². The van der Waals surface area contributed by atoms with Crippen molar-refractivity contribution in [3.05, 3.63) is 24.3 Å². The van der Waals surface area contributed by atoms with Crippen LogP contribution in [-0.4, -0.2) is 11.2 Å². The first kappa shape index (κ1) is 16.4. The Kier molecular flexibility index (Phi) is 11.5. The van der Waals surface area contributed by atoms with Gasteiger partial charge in [-0.25, -0.2) is 0 Å². The molecule has 0 radical (unpaired) electrons. The van der Waals surface area contributed by atoms with Gasteiger partial charge in [0, 0.05) is 0 Å². The first-order valence-corrected chi connectivity index (χ1v) is 7.25. The third-order valence-corrected chi connectivity index (χ3v) is 3.09. The molecule has 1 heteroatoms. The molecular weight excluding hydrogens is 208 g/mol. The van der Waals surface area contributed by atoms with Gasteiger partial charge < -0.3 is 5.11 Å². The van der Waals surface area contributed by atoms with Crippen LogP contribution in [0.25, 0.3) is 0 Å². The first-order valence-electron chi connectivity index (χ1n) is 7.25. The van der Waals surface area contributed by atoms with Gasteiger partial charge in [-0.15, -0.1) is 0 Å². The highest BCUT2D eigenvalue weighted by atomic mass is 16.3. The van der Waals surface area contributed by atoms with Crippen LogP contribution >= 0.6 is 0 Å². The predicted octanol–water partition coefficient (Wildman–Crippen LogP) is 5.01.